The Morgan fingerprint density at radius 2 is 1.87 bits per heavy atom. The number of anilines is 1. The van der Waals surface area contributed by atoms with E-state index in [4.69, 9.17) is 0 Å². The van der Waals surface area contributed by atoms with E-state index in [1.807, 2.05) is 58.0 Å². The second-order valence-electron chi connectivity index (χ2n) is 6.72. The van der Waals surface area contributed by atoms with E-state index in [2.05, 4.69) is 22.4 Å². The summed E-state index contributed by atoms with van der Waals surface area (Å²) in [4.78, 5) is 16.9. The van der Waals surface area contributed by atoms with E-state index in [-0.39, 0.29) is 5.91 Å². The number of fused-ring (bicyclic) bond motifs is 1. The molecule has 0 fully saturated rings. The molecule has 3 aromatic rings. The number of hydrogen-bond donors (Lipinski definition) is 1. The lowest BCUT2D eigenvalue weighted by molar-refractivity contribution is -0.123. The lowest BCUT2D eigenvalue weighted by Crippen LogP contribution is -2.27. The summed E-state index contributed by atoms with van der Waals surface area (Å²) in [6, 6.07) is 14.2. The van der Waals surface area contributed by atoms with Crippen LogP contribution in [0, 0.1) is 12.3 Å². The minimum absolute atomic E-state index is 0.0158. The molecule has 0 aliphatic heterocycles. The van der Waals surface area contributed by atoms with Gasteiger partial charge in [-0.1, -0.05) is 45.0 Å². The monoisotopic (exact) mass is 324 g/mol. The Kier molecular flexibility index (Phi) is 3.94. The van der Waals surface area contributed by atoms with Crippen molar-refractivity contribution >= 4 is 33.1 Å². The molecule has 0 saturated heterocycles. The highest BCUT2D eigenvalue weighted by molar-refractivity contribution is 7.21. The Morgan fingerprint density at radius 1 is 1.13 bits per heavy atom. The fraction of sp³-hybridized carbons (Fsp3) is 0.263. The molecule has 1 N–H and O–H groups in total. The highest BCUT2D eigenvalue weighted by atomic mass is 32.1. The Hall–Kier alpha value is -2.20. The van der Waals surface area contributed by atoms with Gasteiger partial charge in [0.05, 0.1) is 10.2 Å². The van der Waals surface area contributed by atoms with E-state index in [0.29, 0.717) is 0 Å². The first-order valence-electron chi connectivity index (χ1n) is 7.62. The number of amides is 1. The van der Waals surface area contributed by atoms with Gasteiger partial charge in [-0.3, -0.25) is 4.79 Å². The van der Waals surface area contributed by atoms with Crippen LogP contribution in [0.25, 0.3) is 20.8 Å². The van der Waals surface area contributed by atoms with E-state index >= 15 is 0 Å². The molecule has 2 aromatic carbocycles. The van der Waals surface area contributed by atoms with E-state index < -0.39 is 5.41 Å². The SMILES string of the molecule is Cc1ccc(-c2nc3ccccc3s2)cc1NC(=O)C(C)(C)C. The van der Waals surface area contributed by atoms with Crippen LogP contribution in [-0.2, 0) is 4.79 Å². The van der Waals surface area contributed by atoms with Crippen molar-refractivity contribution in [3.8, 4) is 10.6 Å². The highest BCUT2D eigenvalue weighted by Gasteiger charge is 2.22. The minimum Gasteiger partial charge on any atom is -0.325 e. The third-order valence-electron chi connectivity index (χ3n) is 3.71. The molecule has 0 atom stereocenters. The second kappa shape index (κ2) is 5.78. The van der Waals surface area contributed by atoms with Crippen molar-refractivity contribution < 1.29 is 4.79 Å². The van der Waals surface area contributed by atoms with Gasteiger partial charge in [-0.15, -0.1) is 11.3 Å². The zero-order chi connectivity index (χ0) is 16.6. The van der Waals surface area contributed by atoms with Crippen molar-refractivity contribution in [1.29, 1.82) is 0 Å². The normalized spacial score (nSPS) is 11.7. The maximum atomic E-state index is 12.3. The number of rotatable bonds is 2. The van der Waals surface area contributed by atoms with Crippen LogP contribution in [0.5, 0.6) is 0 Å². The number of aryl methyl sites for hydroxylation is 1. The van der Waals surface area contributed by atoms with Gasteiger partial charge < -0.3 is 5.32 Å². The first kappa shape index (κ1) is 15.7. The van der Waals surface area contributed by atoms with Crippen LogP contribution >= 0.6 is 11.3 Å². The predicted octanol–water partition coefficient (Wildman–Crippen LogP) is 5.26. The van der Waals surface area contributed by atoms with Crippen molar-refractivity contribution in [3.05, 3.63) is 48.0 Å². The van der Waals surface area contributed by atoms with Gasteiger partial charge in [-0.2, -0.15) is 0 Å². The van der Waals surface area contributed by atoms with Crippen LogP contribution in [0.15, 0.2) is 42.5 Å². The van der Waals surface area contributed by atoms with Crippen LogP contribution in [0.4, 0.5) is 5.69 Å². The average molecular weight is 324 g/mol. The maximum Gasteiger partial charge on any atom is 0.229 e. The van der Waals surface area contributed by atoms with E-state index in [9.17, 15) is 4.79 Å². The van der Waals surface area contributed by atoms with Crippen LogP contribution < -0.4 is 5.32 Å². The third kappa shape index (κ3) is 3.27. The van der Waals surface area contributed by atoms with Crippen molar-refractivity contribution in [2.24, 2.45) is 5.41 Å². The summed E-state index contributed by atoms with van der Waals surface area (Å²) in [7, 11) is 0. The standard InChI is InChI=1S/C19H20N2OS/c1-12-9-10-13(11-15(12)21-18(22)19(2,3)4)17-20-14-7-5-6-8-16(14)23-17/h5-11H,1-4H3,(H,21,22). The van der Waals surface area contributed by atoms with Crippen LogP contribution in [-0.4, -0.2) is 10.9 Å². The number of benzene rings is 2. The molecule has 1 heterocycles. The number of para-hydroxylation sites is 1. The average Bonchev–Trinajstić information content (AvgIpc) is 2.92. The molecule has 4 heteroatoms. The molecule has 0 aliphatic rings. The first-order chi connectivity index (χ1) is 10.8. The third-order valence-corrected chi connectivity index (χ3v) is 4.79. The van der Waals surface area contributed by atoms with Crippen molar-refractivity contribution in [2.75, 3.05) is 5.32 Å². The molecule has 0 aliphatic carbocycles. The van der Waals surface area contributed by atoms with Crippen molar-refractivity contribution in [3.63, 3.8) is 0 Å². The molecule has 1 aromatic heterocycles. The fourth-order valence-electron chi connectivity index (χ4n) is 2.20. The minimum atomic E-state index is -0.418. The molecule has 0 spiro atoms. The maximum absolute atomic E-state index is 12.3. The second-order valence-corrected chi connectivity index (χ2v) is 7.75. The Morgan fingerprint density at radius 3 is 2.57 bits per heavy atom. The van der Waals surface area contributed by atoms with Crippen molar-refractivity contribution in [1.82, 2.24) is 4.98 Å². The summed E-state index contributed by atoms with van der Waals surface area (Å²) in [6.45, 7) is 7.74. The van der Waals surface area contributed by atoms with Gasteiger partial charge in [0.25, 0.3) is 0 Å². The molecule has 0 radical (unpaired) electrons. The lowest BCUT2D eigenvalue weighted by atomic mass is 9.95. The van der Waals surface area contributed by atoms with Gasteiger partial charge in [0.15, 0.2) is 0 Å². The Bertz CT molecular complexity index is 841. The molecule has 0 bridgehead atoms. The predicted molar refractivity (Wildman–Crippen MR) is 97.9 cm³/mol. The highest BCUT2D eigenvalue weighted by Crippen LogP contribution is 2.32. The van der Waals surface area contributed by atoms with E-state index in [0.717, 1.165) is 27.3 Å². The van der Waals surface area contributed by atoms with Crippen LogP contribution in [0.1, 0.15) is 26.3 Å². The van der Waals surface area contributed by atoms with Gasteiger partial charge in [0.2, 0.25) is 5.91 Å². The number of aromatic nitrogens is 1. The summed E-state index contributed by atoms with van der Waals surface area (Å²) < 4.78 is 1.17. The molecule has 0 saturated carbocycles. The zero-order valence-corrected chi connectivity index (χ0v) is 14.6. The molecular weight excluding hydrogens is 304 g/mol. The molecule has 3 rings (SSSR count). The summed E-state index contributed by atoms with van der Waals surface area (Å²) in [6.07, 6.45) is 0. The lowest BCUT2D eigenvalue weighted by Gasteiger charge is -2.19. The first-order valence-corrected chi connectivity index (χ1v) is 8.44. The number of thiazole rings is 1. The quantitative estimate of drug-likeness (QED) is 0.699. The number of carbonyl (C=O) groups is 1. The summed E-state index contributed by atoms with van der Waals surface area (Å²) >= 11 is 1.67. The number of nitrogens with one attached hydrogen (secondary N) is 1. The Balaban J connectivity index is 1.98. The van der Waals surface area contributed by atoms with Gasteiger partial charge in [0.1, 0.15) is 5.01 Å². The molecular formula is C19H20N2OS. The van der Waals surface area contributed by atoms with Crippen LogP contribution in [0.2, 0.25) is 0 Å². The summed E-state index contributed by atoms with van der Waals surface area (Å²) in [5, 5.41) is 4.00. The molecule has 118 valence electrons. The van der Waals surface area contributed by atoms with Gasteiger partial charge in [-0.25, -0.2) is 4.98 Å². The smallest absolute Gasteiger partial charge is 0.229 e. The van der Waals surface area contributed by atoms with E-state index in [1.54, 1.807) is 11.3 Å². The summed E-state index contributed by atoms with van der Waals surface area (Å²) in [5.41, 5.74) is 3.52. The van der Waals surface area contributed by atoms with Gasteiger partial charge in [-0.05, 0) is 30.7 Å². The number of nitrogens with zero attached hydrogens (tertiary/aromatic N) is 1. The zero-order valence-electron chi connectivity index (χ0n) is 13.8. The van der Waals surface area contributed by atoms with E-state index in [1.165, 1.54) is 4.70 Å². The molecule has 23 heavy (non-hydrogen) atoms. The van der Waals surface area contributed by atoms with Crippen molar-refractivity contribution in [2.45, 2.75) is 27.7 Å². The molecule has 0 unspecified atom stereocenters. The van der Waals surface area contributed by atoms with Crippen LogP contribution in [0.3, 0.4) is 0 Å². The Labute approximate surface area is 140 Å². The number of carbonyl (C=O) groups excluding carboxylic acids is 1. The fourth-order valence-corrected chi connectivity index (χ4v) is 3.16. The van der Waals surface area contributed by atoms with Gasteiger partial charge >= 0.3 is 0 Å². The summed E-state index contributed by atoms with van der Waals surface area (Å²) in [5.74, 6) is 0.0158. The molecule has 3 nitrogen and oxygen atoms in total. The number of hydrogen-bond acceptors (Lipinski definition) is 3. The molecule has 1 amide bonds. The largest absolute Gasteiger partial charge is 0.325 e. The van der Waals surface area contributed by atoms with Gasteiger partial charge in [0, 0.05) is 16.7 Å². The topological polar surface area (TPSA) is 42.0 Å².